The van der Waals surface area contributed by atoms with Gasteiger partial charge in [0.25, 0.3) is 5.91 Å². The molecular formula is C19H20N2O5. The van der Waals surface area contributed by atoms with Crippen molar-refractivity contribution in [2.75, 3.05) is 25.1 Å². The van der Waals surface area contributed by atoms with Crippen molar-refractivity contribution in [2.24, 2.45) is 0 Å². The highest BCUT2D eigenvalue weighted by atomic mass is 16.5. The Morgan fingerprint density at radius 2 is 1.73 bits per heavy atom. The van der Waals surface area contributed by atoms with Crippen molar-refractivity contribution in [1.82, 2.24) is 5.32 Å². The van der Waals surface area contributed by atoms with Crippen molar-refractivity contribution in [3.63, 3.8) is 0 Å². The van der Waals surface area contributed by atoms with Crippen LogP contribution in [-0.2, 0) is 14.3 Å². The van der Waals surface area contributed by atoms with E-state index in [0.717, 1.165) is 0 Å². The summed E-state index contributed by atoms with van der Waals surface area (Å²) in [5.74, 6) is -0.721. The molecule has 0 saturated carbocycles. The van der Waals surface area contributed by atoms with Crippen LogP contribution in [0.5, 0.6) is 5.75 Å². The topological polar surface area (TPSA) is 93.7 Å². The molecule has 2 rings (SSSR count). The smallest absolute Gasteiger partial charge is 0.338 e. The first-order chi connectivity index (χ1) is 12.6. The van der Waals surface area contributed by atoms with Crippen molar-refractivity contribution in [3.05, 3.63) is 60.2 Å². The summed E-state index contributed by atoms with van der Waals surface area (Å²) in [5, 5.41) is 5.07. The average Bonchev–Trinajstić information content (AvgIpc) is 2.66. The van der Waals surface area contributed by atoms with Gasteiger partial charge in [-0.3, -0.25) is 9.59 Å². The Labute approximate surface area is 151 Å². The second-order valence-corrected chi connectivity index (χ2v) is 5.23. The average molecular weight is 356 g/mol. The molecule has 0 spiro atoms. The van der Waals surface area contributed by atoms with Crippen LogP contribution in [0.2, 0.25) is 0 Å². The van der Waals surface area contributed by atoms with Gasteiger partial charge in [-0.1, -0.05) is 24.3 Å². The minimum Gasteiger partial charge on any atom is -0.484 e. The monoisotopic (exact) mass is 356 g/mol. The normalized spacial score (nSPS) is 9.88. The van der Waals surface area contributed by atoms with Gasteiger partial charge in [-0.2, -0.15) is 0 Å². The fourth-order valence-electron chi connectivity index (χ4n) is 2.04. The number of hydrogen-bond donors (Lipinski definition) is 2. The molecule has 2 aromatic rings. The first kappa shape index (κ1) is 19.0. The van der Waals surface area contributed by atoms with Gasteiger partial charge in [0.2, 0.25) is 5.91 Å². The van der Waals surface area contributed by atoms with Crippen LogP contribution in [-0.4, -0.2) is 37.5 Å². The maximum atomic E-state index is 11.9. The lowest BCUT2D eigenvalue weighted by Crippen LogP contribution is -2.35. The van der Waals surface area contributed by atoms with Crippen LogP contribution in [0.4, 0.5) is 5.69 Å². The lowest BCUT2D eigenvalue weighted by Gasteiger charge is -2.09. The summed E-state index contributed by atoms with van der Waals surface area (Å²) in [6.07, 6.45) is 0. The maximum absolute atomic E-state index is 11.9. The predicted octanol–water partition coefficient (Wildman–Crippen LogP) is 2.00. The van der Waals surface area contributed by atoms with Crippen LogP contribution in [0.1, 0.15) is 17.3 Å². The number of benzene rings is 2. The lowest BCUT2D eigenvalue weighted by molar-refractivity contribution is -0.125. The first-order valence-corrected chi connectivity index (χ1v) is 8.10. The van der Waals surface area contributed by atoms with Crippen LogP contribution in [0.3, 0.4) is 0 Å². The van der Waals surface area contributed by atoms with Crippen LogP contribution in [0, 0.1) is 0 Å². The molecule has 0 aromatic heterocycles. The number of ether oxygens (including phenoxy) is 2. The molecule has 2 N–H and O–H groups in total. The Balaban J connectivity index is 1.77. The van der Waals surface area contributed by atoms with Crippen LogP contribution in [0.25, 0.3) is 0 Å². The molecule has 0 radical (unpaired) electrons. The number of rotatable bonds is 8. The van der Waals surface area contributed by atoms with Gasteiger partial charge in [-0.15, -0.1) is 0 Å². The quantitative estimate of drug-likeness (QED) is 0.706. The van der Waals surface area contributed by atoms with E-state index >= 15 is 0 Å². The molecule has 0 heterocycles. The van der Waals surface area contributed by atoms with E-state index in [-0.39, 0.29) is 19.8 Å². The van der Waals surface area contributed by atoms with E-state index < -0.39 is 17.8 Å². The van der Waals surface area contributed by atoms with E-state index in [1.54, 1.807) is 49.4 Å². The minimum absolute atomic E-state index is 0.185. The fraction of sp³-hybridized carbons (Fsp3) is 0.211. The minimum atomic E-state index is -0.463. The van der Waals surface area contributed by atoms with Gasteiger partial charge in [0, 0.05) is 5.69 Å². The van der Waals surface area contributed by atoms with E-state index in [0.29, 0.717) is 17.0 Å². The van der Waals surface area contributed by atoms with E-state index in [2.05, 4.69) is 10.6 Å². The number of carbonyl (C=O) groups excluding carboxylic acids is 3. The Kier molecular flexibility index (Phi) is 7.17. The van der Waals surface area contributed by atoms with Gasteiger partial charge in [-0.05, 0) is 37.3 Å². The summed E-state index contributed by atoms with van der Waals surface area (Å²) < 4.78 is 10.2. The summed E-state index contributed by atoms with van der Waals surface area (Å²) in [5.41, 5.74) is 0.778. The standard InChI is InChI=1S/C19H20N2O5/c1-2-25-19(24)14-7-6-8-15(11-14)21-17(22)12-20-18(23)13-26-16-9-4-3-5-10-16/h3-11H,2,12-13H2,1H3,(H,20,23)(H,21,22). The largest absolute Gasteiger partial charge is 0.484 e. The maximum Gasteiger partial charge on any atom is 0.338 e. The van der Waals surface area contributed by atoms with Crippen LogP contribution < -0.4 is 15.4 Å². The Morgan fingerprint density at radius 1 is 0.962 bits per heavy atom. The highest BCUT2D eigenvalue weighted by Gasteiger charge is 2.10. The van der Waals surface area contributed by atoms with Gasteiger partial charge in [0.05, 0.1) is 18.7 Å². The second kappa shape index (κ2) is 9.83. The zero-order valence-corrected chi connectivity index (χ0v) is 14.4. The number of amides is 2. The SMILES string of the molecule is CCOC(=O)c1cccc(NC(=O)CNC(=O)COc2ccccc2)c1. The van der Waals surface area contributed by atoms with Gasteiger partial charge in [0.15, 0.2) is 6.61 Å². The van der Waals surface area contributed by atoms with Gasteiger partial charge < -0.3 is 20.1 Å². The molecule has 0 atom stereocenters. The number of para-hydroxylation sites is 1. The summed E-state index contributed by atoms with van der Waals surface area (Å²) in [6.45, 7) is 1.59. The summed E-state index contributed by atoms with van der Waals surface area (Å²) in [6, 6.07) is 15.3. The summed E-state index contributed by atoms with van der Waals surface area (Å²) in [7, 11) is 0. The number of hydrogen-bond acceptors (Lipinski definition) is 5. The molecule has 0 unspecified atom stereocenters. The molecule has 0 aliphatic carbocycles. The zero-order valence-electron chi connectivity index (χ0n) is 14.4. The summed E-state index contributed by atoms with van der Waals surface area (Å²) in [4.78, 5) is 35.3. The Bertz CT molecular complexity index is 762. The molecule has 7 nitrogen and oxygen atoms in total. The van der Waals surface area contributed by atoms with Crippen molar-refractivity contribution < 1.29 is 23.9 Å². The highest BCUT2D eigenvalue weighted by molar-refractivity contribution is 5.96. The molecule has 0 fully saturated rings. The van der Waals surface area contributed by atoms with Crippen LogP contribution in [0.15, 0.2) is 54.6 Å². The molecule has 26 heavy (non-hydrogen) atoms. The molecular weight excluding hydrogens is 336 g/mol. The van der Waals surface area contributed by atoms with E-state index in [1.807, 2.05) is 6.07 Å². The third kappa shape index (κ3) is 6.27. The van der Waals surface area contributed by atoms with Crippen LogP contribution >= 0.6 is 0 Å². The Morgan fingerprint density at radius 3 is 2.46 bits per heavy atom. The van der Waals surface area contributed by atoms with E-state index in [9.17, 15) is 14.4 Å². The van der Waals surface area contributed by atoms with Crippen molar-refractivity contribution >= 4 is 23.5 Å². The van der Waals surface area contributed by atoms with Gasteiger partial charge in [-0.25, -0.2) is 4.79 Å². The third-order valence-corrected chi connectivity index (χ3v) is 3.22. The van der Waals surface area contributed by atoms with Crippen molar-refractivity contribution in [3.8, 4) is 5.75 Å². The zero-order chi connectivity index (χ0) is 18.8. The third-order valence-electron chi connectivity index (χ3n) is 3.22. The summed E-state index contributed by atoms with van der Waals surface area (Å²) >= 11 is 0. The second-order valence-electron chi connectivity index (χ2n) is 5.23. The van der Waals surface area contributed by atoms with Gasteiger partial charge >= 0.3 is 5.97 Å². The van der Waals surface area contributed by atoms with Crippen molar-refractivity contribution in [1.29, 1.82) is 0 Å². The molecule has 0 aliphatic rings. The molecule has 136 valence electrons. The lowest BCUT2D eigenvalue weighted by atomic mass is 10.2. The fourth-order valence-corrected chi connectivity index (χ4v) is 2.04. The molecule has 2 aromatic carbocycles. The number of carbonyl (C=O) groups is 3. The highest BCUT2D eigenvalue weighted by Crippen LogP contribution is 2.11. The molecule has 7 heteroatoms. The van der Waals surface area contributed by atoms with E-state index in [1.165, 1.54) is 6.07 Å². The molecule has 2 amide bonds. The van der Waals surface area contributed by atoms with Crippen molar-refractivity contribution in [2.45, 2.75) is 6.92 Å². The number of anilines is 1. The number of esters is 1. The van der Waals surface area contributed by atoms with Gasteiger partial charge in [0.1, 0.15) is 5.75 Å². The molecule has 0 bridgehead atoms. The predicted molar refractivity (Wildman–Crippen MR) is 96.0 cm³/mol. The Hall–Kier alpha value is -3.35. The number of nitrogens with one attached hydrogen (secondary N) is 2. The first-order valence-electron chi connectivity index (χ1n) is 8.10. The van der Waals surface area contributed by atoms with E-state index in [4.69, 9.17) is 9.47 Å². The molecule has 0 saturated heterocycles. The molecule has 0 aliphatic heterocycles.